The van der Waals surface area contributed by atoms with E-state index < -0.39 is 5.97 Å². The van der Waals surface area contributed by atoms with Crippen molar-refractivity contribution >= 4 is 16.9 Å². The normalized spacial score (nSPS) is 10.9. The fraction of sp³-hybridized carbons (Fsp3) is 0.200. The molecule has 2 aromatic carbocycles. The van der Waals surface area contributed by atoms with Gasteiger partial charge in [0.2, 0.25) is 0 Å². The molecule has 0 saturated carbocycles. The molecule has 3 aromatic rings. The van der Waals surface area contributed by atoms with Crippen molar-refractivity contribution in [2.45, 2.75) is 26.8 Å². The standard InChI is InChI=1S/C20H19NO3/c1-13-3-6-15(7-4-13)10-16-11-21(12-19(22)23)18-8-5-14(2)9-17(18)20(16)24/h3-9,11H,10,12H2,1-2H3,(H,22,23). The van der Waals surface area contributed by atoms with E-state index in [9.17, 15) is 9.59 Å². The molecule has 3 rings (SSSR count). The Balaban J connectivity index is 2.16. The predicted molar refractivity (Wildman–Crippen MR) is 94.6 cm³/mol. The lowest BCUT2D eigenvalue weighted by Gasteiger charge is -2.12. The highest BCUT2D eigenvalue weighted by molar-refractivity contribution is 5.82. The molecule has 1 heterocycles. The molecule has 0 saturated heterocycles. The molecule has 0 spiro atoms. The summed E-state index contributed by atoms with van der Waals surface area (Å²) in [5.41, 5.74) is 4.41. The van der Waals surface area contributed by atoms with Gasteiger partial charge < -0.3 is 9.67 Å². The summed E-state index contributed by atoms with van der Waals surface area (Å²) >= 11 is 0. The summed E-state index contributed by atoms with van der Waals surface area (Å²) in [6.07, 6.45) is 2.16. The van der Waals surface area contributed by atoms with Crippen molar-refractivity contribution in [2.75, 3.05) is 0 Å². The van der Waals surface area contributed by atoms with Crippen molar-refractivity contribution in [2.24, 2.45) is 0 Å². The molecule has 4 nitrogen and oxygen atoms in total. The number of aryl methyl sites for hydroxylation is 2. The van der Waals surface area contributed by atoms with Crippen LogP contribution in [0.4, 0.5) is 0 Å². The Labute approximate surface area is 140 Å². The molecule has 0 amide bonds. The van der Waals surface area contributed by atoms with Gasteiger partial charge in [-0.1, -0.05) is 41.5 Å². The topological polar surface area (TPSA) is 59.3 Å². The predicted octanol–water partition coefficient (Wildman–Crippen LogP) is 3.29. The number of rotatable bonds is 4. The lowest BCUT2D eigenvalue weighted by Crippen LogP contribution is -2.18. The van der Waals surface area contributed by atoms with Gasteiger partial charge in [0.25, 0.3) is 0 Å². The first-order valence-electron chi connectivity index (χ1n) is 7.84. The lowest BCUT2D eigenvalue weighted by atomic mass is 10.0. The zero-order chi connectivity index (χ0) is 17.3. The van der Waals surface area contributed by atoms with Gasteiger partial charge in [-0.15, -0.1) is 0 Å². The van der Waals surface area contributed by atoms with E-state index in [2.05, 4.69) is 0 Å². The van der Waals surface area contributed by atoms with Crippen LogP contribution in [0.15, 0.2) is 53.5 Å². The van der Waals surface area contributed by atoms with Crippen molar-refractivity contribution in [1.29, 1.82) is 0 Å². The maximum absolute atomic E-state index is 12.8. The second kappa shape index (κ2) is 6.32. The van der Waals surface area contributed by atoms with E-state index in [1.54, 1.807) is 10.8 Å². The molecule has 0 aliphatic rings. The number of hydrogen-bond acceptors (Lipinski definition) is 2. The summed E-state index contributed by atoms with van der Waals surface area (Å²) in [4.78, 5) is 24.0. The maximum atomic E-state index is 12.8. The van der Waals surface area contributed by atoms with Crippen LogP contribution in [0.2, 0.25) is 0 Å². The van der Waals surface area contributed by atoms with Gasteiger partial charge in [-0.3, -0.25) is 9.59 Å². The van der Waals surface area contributed by atoms with E-state index in [1.165, 1.54) is 0 Å². The maximum Gasteiger partial charge on any atom is 0.323 e. The molecule has 24 heavy (non-hydrogen) atoms. The van der Waals surface area contributed by atoms with Crippen LogP contribution in [-0.2, 0) is 17.8 Å². The molecule has 0 atom stereocenters. The average Bonchev–Trinajstić information content (AvgIpc) is 2.53. The summed E-state index contributed by atoms with van der Waals surface area (Å²) in [6, 6.07) is 13.5. The number of carboxylic acids is 1. The monoisotopic (exact) mass is 321 g/mol. The molecule has 0 aliphatic carbocycles. The molecule has 0 fully saturated rings. The van der Waals surface area contributed by atoms with Gasteiger partial charge in [-0.05, 0) is 31.5 Å². The van der Waals surface area contributed by atoms with Gasteiger partial charge in [0.05, 0.1) is 5.52 Å². The first-order chi connectivity index (χ1) is 11.4. The Morgan fingerprint density at radius 1 is 1.04 bits per heavy atom. The Morgan fingerprint density at radius 2 is 1.71 bits per heavy atom. The summed E-state index contributed by atoms with van der Waals surface area (Å²) in [5, 5.41) is 9.73. The molecule has 122 valence electrons. The summed E-state index contributed by atoms with van der Waals surface area (Å²) in [5.74, 6) is -0.929. The zero-order valence-electron chi connectivity index (χ0n) is 13.7. The van der Waals surface area contributed by atoms with E-state index in [1.807, 2.05) is 56.3 Å². The lowest BCUT2D eigenvalue weighted by molar-refractivity contribution is -0.137. The first kappa shape index (κ1) is 16.0. The number of aromatic nitrogens is 1. The Hall–Kier alpha value is -2.88. The van der Waals surface area contributed by atoms with Crippen LogP contribution in [0.25, 0.3) is 10.9 Å². The zero-order valence-corrected chi connectivity index (χ0v) is 13.7. The molecular weight excluding hydrogens is 302 g/mol. The molecular formula is C20H19NO3. The second-order valence-corrected chi connectivity index (χ2v) is 6.19. The molecule has 1 N–H and O–H groups in total. The highest BCUT2D eigenvalue weighted by Crippen LogP contribution is 2.16. The average molecular weight is 321 g/mol. The van der Waals surface area contributed by atoms with Crippen molar-refractivity contribution < 1.29 is 9.90 Å². The third-order valence-corrected chi connectivity index (χ3v) is 4.13. The SMILES string of the molecule is Cc1ccc(Cc2cn(CC(=O)O)c3ccc(C)cc3c2=O)cc1. The minimum Gasteiger partial charge on any atom is -0.480 e. The molecule has 1 aromatic heterocycles. The van der Waals surface area contributed by atoms with Crippen molar-refractivity contribution in [1.82, 2.24) is 4.57 Å². The third kappa shape index (κ3) is 3.23. The number of carbonyl (C=O) groups is 1. The van der Waals surface area contributed by atoms with Gasteiger partial charge in [-0.25, -0.2) is 0 Å². The van der Waals surface area contributed by atoms with Gasteiger partial charge in [0, 0.05) is 23.6 Å². The largest absolute Gasteiger partial charge is 0.480 e. The van der Waals surface area contributed by atoms with E-state index in [0.29, 0.717) is 22.9 Å². The van der Waals surface area contributed by atoms with Crippen LogP contribution in [-0.4, -0.2) is 15.6 Å². The third-order valence-electron chi connectivity index (χ3n) is 4.13. The highest BCUT2D eigenvalue weighted by atomic mass is 16.4. The van der Waals surface area contributed by atoms with E-state index in [-0.39, 0.29) is 12.0 Å². The Kier molecular flexibility index (Phi) is 4.21. The number of carboxylic acid groups (broad SMARTS) is 1. The molecule has 4 heteroatoms. The number of benzene rings is 2. The Bertz CT molecular complexity index is 969. The van der Waals surface area contributed by atoms with Crippen LogP contribution in [0.5, 0.6) is 0 Å². The van der Waals surface area contributed by atoms with Gasteiger partial charge in [0.1, 0.15) is 6.54 Å². The molecule has 0 radical (unpaired) electrons. The van der Waals surface area contributed by atoms with Crippen LogP contribution in [0.3, 0.4) is 0 Å². The van der Waals surface area contributed by atoms with Crippen molar-refractivity contribution in [3.05, 3.63) is 81.1 Å². The van der Waals surface area contributed by atoms with E-state index in [4.69, 9.17) is 5.11 Å². The fourth-order valence-corrected chi connectivity index (χ4v) is 2.90. The molecule has 0 bridgehead atoms. The number of pyridine rings is 1. The summed E-state index contributed by atoms with van der Waals surface area (Å²) in [7, 11) is 0. The van der Waals surface area contributed by atoms with Crippen LogP contribution in [0.1, 0.15) is 22.3 Å². The number of hydrogen-bond donors (Lipinski definition) is 1. The highest BCUT2D eigenvalue weighted by Gasteiger charge is 2.12. The first-order valence-corrected chi connectivity index (χ1v) is 7.84. The van der Waals surface area contributed by atoms with Gasteiger partial charge in [-0.2, -0.15) is 0 Å². The van der Waals surface area contributed by atoms with Crippen LogP contribution in [0, 0.1) is 13.8 Å². The van der Waals surface area contributed by atoms with Gasteiger partial charge in [0.15, 0.2) is 5.43 Å². The smallest absolute Gasteiger partial charge is 0.323 e. The summed E-state index contributed by atoms with van der Waals surface area (Å²) < 4.78 is 1.64. The van der Waals surface area contributed by atoms with Gasteiger partial charge >= 0.3 is 5.97 Å². The molecule has 0 unspecified atom stereocenters. The Morgan fingerprint density at radius 3 is 2.38 bits per heavy atom. The van der Waals surface area contributed by atoms with Crippen molar-refractivity contribution in [3.8, 4) is 0 Å². The number of nitrogens with zero attached hydrogens (tertiary/aromatic N) is 1. The van der Waals surface area contributed by atoms with E-state index in [0.717, 1.165) is 16.7 Å². The minimum absolute atomic E-state index is 0.0316. The van der Waals surface area contributed by atoms with Crippen LogP contribution < -0.4 is 5.43 Å². The number of aliphatic carboxylic acids is 1. The molecule has 0 aliphatic heterocycles. The quantitative estimate of drug-likeness (QED) is 0.802. The van der Waals surface area contributed by atoms with Crippen molar-refractivity contribution in [3.63, 3.8) is 0 Å². The fourth-order valence-electron chi connectivity index (χ4n) is 2.90. The van der Waals surface area contributed by atoms with E-state index >= 15 is 0 Å². The second-order valence-electron chi connectivity index (χ2n) is 6.19. The summed E-state index contributed by atoms with van der Waals surface area (Å²) in [6.45, 7) is 3.77. The van der Waals surface area contributed by atoms with Crippen LogP contribution >= 0.6 is 0 Å². The number of fused-ring (bicyclic) bond motifs is 1. The minimum atomic E-state index is -0.929.